The number of hydrogen-bond donors (Lipinski definition) is 2. The van der Waals surface area contributed by atoms with Crippen molar-refractivity contribution in [1.82, 2.24) is 9.88 Å². The van der Waals surface area contributed by atoms with E-state index in [2.05, 4.69) is 40.6 Å². The number of anilines is 1. The lowest BCUT2D eigenvalue weighted by Crippen LogP contribution is -2.43. The summed E-state index contributed by atoms with van der Waals surface area (Å²) in [6.07, 6.45) is 0.818. The van der Waals surface area contributed by atoms with Crippen molar-refractivity contribution in [1.29, 1.82) is 0 Å². The van der Waals surface area contributed by atoms with E-state index in [1.165, 1.54) is 10.9 Å². The molecule has 1 aromatic heterocycles. The number of nitrogens with one attached hydrogen (secondary N) is 2. The molecule has 0 radical (unpaired) electrons. The first-order valence-corrected chi connectivity index (χ1v) is 10.1. The Morgan fingerprint density at radius 3 is 2.50 bits per heavy atom. The van der Waals surface area contributed by atoms with Crippen LogP contribution in [0.4, 0.5) is 10.5 Å². The molecule has 3 aromatic carbocycles. The third-order valence-corrected chi connectivity index (χ3v) is 5.75. The summed E-state index contributed by atoms with van der Waals surface area (Å²) >= 11 is 0. The Balaban J connectivity index is 1.53. The lowest BCUT2D eigenvalue weighted by atomic mass is 9.92. The van der Waals surface area contributed by atoms with E-state index in [-0.39, 0.29) is 12.1 Å². The maximum Gasteiger partial charge on any atom is 0.322 e. The van der Waals surface area contributed by atoms with Gasteiger partial charge in [0.1, 0.15) is 5.75 Å². The predicted octanol–water partition coefficient (Wildman–Crippen LogP) is 5.36. The van der Waals surface area contributed by atoms with Crippen molar-refractivity contribution in [2.24, 2.45) is 0 Å². The summed E-state index contributed by atoms with van der Waals surface area (Å²) in [5, 5.41) is 4.28. The molecule has 0 saturated heterocycles. The Labute approximate surface area is 175 Å². The normalized spacial score (nSPS) is 15.6. The second kappa shape index (κ2) is 7.59. The van der Waals surface area contributed by atoms with Gasteiger partial charge in [0.15, 0.2) is 0 Å². The number of carbonyl (C=O) groups is 1. The van der Waals surface area contributed by atoms with Gasteiger partial charge in [-0.2, -0.15) is 0 Å². The zero-order valence-corrected chi connectivity index (χ0v) is 16.8. The van der Waals surface area contributed by atoms with Gasteiger partial charge in [0.05, 0.1) is 13.2 Å². The fourth-order valence-corrected chi connectivity index (χ4v) is 4.31. The van der Waals surface area contributed by atoms with Crippen LogP contribution >= 0.6 is 0 Å². The molecule has 5 nitrogen and oxygen atoms in total. The molecular formula is C25H23N3O2. The second-order valence-corrected chi connectivity index (χ2v) is 7.48. The molecule has 4 aromatic rings. The summed E-state index contributed by atoms with van der Waals surface area (Å²) in [6.45, 7) is 0.649. The number of rotatable bonds is 3. The lowest BCUT2D eigenvalue weighted by molar-refractivity contribution is 0.193. The molecule has 5 rings (SSSR count). The first kappa shape index (κ1) is 18.3. The molecule has 2 N–H and O–H groups in total. The number of amides is 2. The van der Waals surface area contributed by atoms with Gasteiger partial charge in [-0.15, -0.1) is 0 Å². The Hall–Kier alpha value is -3.73. The van der Waals surface area contributed by atoms with Crippen LogP contribution < -0.4 is 10.1 Å². The van der Waals surface area contributed by atoms with Crippen LogP contribution in [0.1, 0.15) is 22.9 Å². The number of benzene rings is 3. The quantitative estimate of drug-likeness (QED) is 0.489. The fourth-order valence-electron chi connectivity index (χ4n) is 4.31. The highest BCUT2D eigenvalue weighted by atomic mass is 16.5. The van der Waals surface area contributed by atoms with Gasteiger partial charge >= 0.3 is 6.03 Å². The minimum Gasteiger partial charge on any atom is -0.497 e. The average Bonchev–Trinajstić information content (AvgIpc) is 3.18. The van der Waals surface area contributed by atoms with Gasteiger partial charge in [-0.3, -0.25) is 0 Å². The van der Waals surface area contributed by atoms with Crippen molar-refractivity contribution >= 4 is 22.6 Å². The summed E-state index contributed by atoms with van der Waals surface area (Å²) in [5.41, 5.74) is 5.34. The number of nitrogens with zero attached hydrogens (tertiary/aromatic N) is 1. The number of methoxy groups -OCH3 is 1. The second-order valence-electron chi connectivity index (χ2n) is 7.48. The number of ether oxygens (including phenoxy) is 1. The number of para-hydroxylation sites is 1. The van der Waals surface area contributed by atoms with Gasteiger partial charge in [-0.05, 0) is 47.9 Å². The van der Waals surface area contributed by atoms with Crippen molar-refractivity contribution in [3.63, 3.8) is 0 Å². The molecule has 0 fully saturated rings. The third-order valence-electron chi connectivity index (χ3n) is 5.75. The van der Waals surface area contributed by atoms with Crippen LogP contribution in [0.5, 0.6) is 5.75 Å². The van der Waals surface area contributed by atoms with Crippen LogP contribution in [0.15, 0.2) is 78.9 Å². The molecule has 2 amide bonds. The smallest absolute Gasteiger partial charge is 0.322 e. The van der Waals surface area contributed by atoms with Gasteiger partial charge in [-0.1, -0.05) is 48.5 Å². The van der Waals surface area contributed by atoms with Crippen LogP contribution in [0.2, 0.25) is 0 Å². The molecule has 0 spiro atoms. The highest BCUT2D eigenvalue weighted by Gasteiger charge is 2.34. The SMILES string of the molecule is COc1ccc(NC(=O)N2CCc3c([nH]c4ccccc34)[C@H]2c2ccccc2)cc1. The molecule has 0 bridgehead atoms. The summed E-state index contributed by atoms with van der Waals surface area (Å²) in [4.78, 5) is 18.8. The van der Waals surface area contributed by atoms with Crippen LogP contribution in [-0.2, 0) is 6.42 Å². The van der Waals surface area contributed by atoms with E-state index >= 15 is 0 Å². The monoisotopic (exact) mass is 397 g/mol. The third kappa shape index (κ3) is 3.18. The average molecular weight is 397 g/mol. The number of hydrogen-bond acceptors (Lipinski definition) is 2. The molecule has 5 heteroatoms. The summed E-state index contributed by atoms with van der Waals surface area (Å²) in [6, 6.07) is 25.7. The van der Waals surface area contributed by atoms with Crippen molar-refractivity contribution in [2.75, 3.05) is 19.0 Å². The van der Waals surface area contributed by atoms with Gasteiger partial charge in [0, 0.05) is 28.8 Å². The predicted molar refractivity (Wildman–Crippen MR) is 119 cm³/mol. The Morgan fingerprint density at radius 1 is 1.00 bits per heavy atom. The first-order valence-electron chi connectivity index (χ1n) is 10.1. The van der Waals surface area contributed by atoms with Gasteiger partial charge in [-0.25, -0.2) is 4.79 Å². The summed E-state index contributed by atoms with van der Waals surface area (Å²) < 4.78 is 5.21. The zero-order valence-electron chi connectivity index (χ0n) is 16.8. The number of aromatic amines is 1. The van der Waals surface area contributed by atoms with Crippen LogP contribution in [0.25, 0.3) is 10.9 Å². The molecule has 150 valence electrons. The zero-order chi connectivity index (χ0) is 20.5. The first-order chi connectivity index (χ1) is 14.7. The number of urea groups is 1. The van der Waals surface area contributed by atoms with Crippen molar-refractivity contribution < 1.29 is 9.53 Å². The molecule has 2 heterocycles. The largest absolute Gasteiger partial charge is 0.497 e. The Bertz CT molecular complexity index is 1180. The maximum atomic E-state index is 13.3. The molecular weight excluding hydrogens is 374 g/mol. The highest BCUT2D eigenvalue weighted by molar-refractivity contribution is 5.91. The van der Waals surface area contributed by atoms with Crippen LogP contribution in [0, 0.1) is 0 Å². The standard InChI is InChI=1S/C25H23N3O2/c1-30-19-13-11-18(12-14-19)26-25(29)28-16-15-21-20-9-5-6-10-22(20)27-23(21)24(28)17-7-3-2-4-8-17/h2-14,24,27H,15-16H2,1H3,(H,26,29)/t24-/m1/s1. The van der Waals surface area contributed by atoms with Crippen LogP contribution in [0.3, 0.4) is 0 Å². The Kier molecular flexibility index (Phi) is 4.64. The fraction of sp³-hybridized carbons (Fsp3) is 0.160. The highest BCUT2D eigenvalue weighted by Crippen LogP contribution is 2.38. The molecule has 1 aliphatic heterocycles. The van der Waals surface area contributed by atoms with Crippen molar-refractivity contribution in [3.05, 3.63) is 95.7 Å². The number of H-pyrrole nitrogens is 1. The number of aromatic nitrogens is 1. The molecule has 1 atom stereocenters. The van der Waals surface area contributed by atoms with Gasteiger partial charge in [0.25, 0.3) is 0 Å². The van der Waals surface area contributed by atoms with Gasteiger partial charge < -0.3 is 19.9 Å². The van der Waals surface area contributed by atoms with Gasteiger partial charge in [0.2, 0.25) is 0 Å². The van der Waals surface area contributed by atoms with E-state index in [4.69, 9.17) is 4.74 Å². The number of fused-ring (bicyclic) bond motifs is 3. The van der Waals surface area contributed by atoms with E-state index in [0.717, 1.165) is 34.6 Å². The Morgan fingerprint density at radius 2 is 1.73 bits per heavy atom. The molecule has 0 unspecified atom stereocenters. The van der Waals surface area contributed by atoms with Crippen molar-refractivity contribution in [3.8, 4) is 5.75 Å². The number of carbonyl (C=O) groups excluding carboxylic acids is 1. The molecule has 0 aliphatic carbocycles. The molecule has 1 aliphatic rings. The minimum absolute atomic E-state index is 0.113. The van der Waals surface area contributed by atoms with E-state index in [9.17, 15) is 4.79 Å². The van der Waals surface area contributed by atoms with Crippen molar-refractivity contribution in [2.45, 2.75) is 12.5 Å². The minimum atomic E-state index is -0.166. The summed E-state index contributed by atoms with van der Waals surface area (Å²) in [7, 11) is 1.63. The van der Waals surface area contributed by atoms with E-state index in [1.807, 2.05) is 53.4 Å². The topological polar surface area (TPSA) is 57.4 Å². The van der Waals surface area contributed by atoms with E-state index in [0.29, 0.717) is 6.54 Å². The van der Waals surface area contributed by atoms with E-state index < -0.39 is 0 Å². The maximum absolute atomic E-state index is 13.3. The van der Waals surface area contributed by atoms with Crippen LogP contribution in [-0.4, -0.2) is 29.6 Å². The molecule has 30 heavy (non-hydrogen) atoms. The molecule has 0 saturated carbocycles. The summed E-state index contributed by atoms with van der Waals surface area (Å²) in [5.74, 6) is 0.760. The lowest BCUT2D eigenvalue weighted by Gasteiger charge is -2.36. The van der Waals surface area contributed by atoms with E-state index in [1.54, 1.807) is 7.11 Å².